The van der Waals surface area contributed by atoms with Crippen LogP contribution in [-0.4, -0.2) is 17.9 Å². The first-order chi connectivity index (χ1) is 10.4. The van der Waals surface area contributed by atoms with Gasteiger partial charge in [-0.05, 0) is 24.3 Å². The number of carbonyl (C=O) groups excluding carboxylic acids is 1. The lowest BCUT2D eigenvalue weighted by Crippen LogP contribution is -2.13. The van der Waals surface area contributed by atoms with E-state index in [4.69, 9.17) is 27.9 Å². The van der Waals surface area contributed by atoms with Crippen LogP contribution >= 0.6 is 23.2 Å². The average molecular weight is 341 g/mol. The van der Waals surface area contributed by atoms with Crippen molar-refractivity contribution in [3.05, 3.63) is 62.1 Å². The number of anilines is 1. The van der Waals surface area contributed by atoms with Crippen LogP contribution in [0.25, 0.3) is 0 Å². The summed E-state index contributed by atoms with van der Waals surface area (Å²) in [6.45, 7) is 0. The second kappa shape index (κ2) is 6.64. The lowest BCUT2D eigenvalue weighted by atomic mass is 10.1. The Labute approximate surface area is 135 Å². The molecule has 0 spiro atoms. The van der Waals surface area contributed by atoms with Crippen molar-refractivity contribution in [2.45, 2.75) is 0 Å². The van der Waals surface area contributed by atoms with Crippen LogP contribution in [0.2, 0.25) is 10.0 Å². The molecule has 0 aliphatic heterocycles. The van der Waals surface area contributed by atoms with Crippen molar-refractivity contribution in [2.75, 3.05) is 12.4 Å². The van der Waals surface area contributed by atoms with Gasteiger partial charge in [0.2, 0.25) is 0 Å². The SMILES string of the molecule is COc1c(Cl)cc(Cl)cc1C(=O)Nc1ccc([N+](=O)[O-])cc1. The van der Waals surface area contributed by atoms with E-state index in [1.165, 1.54) is 43.5 Å². The second-order valence-corrected chi connectivity index (χ2v) is 5.07. The largest absolute Gasteiger partial charge is 0.494 e. The highest BCUT2D eigenvalue weighted by atomic mass is 35.5. The van der Waals surface area contributed by atoms with Gasteiger partial charge in [0.05, 0.1) is 22.6 Å². The van der Waals surface area contributed by atoms with Gasteiger partial charge in [0, 0.05) is 22.8 Å². The van der Waals surface area contributed by atoms with Crippen molar-refractivity contribution in [1.82, 2.24) is 0 Å². The summed E-state index contributed by atoms with van der Waals surface area (Å²) in [5, 5.41) is 13.7. The smallest absolute Gasteiger partial charge is 0.269 e. The minimum atomic E-state index is -0.522. The number of ether oxygens (including phenoxy) is 1. The van der Waals surface area contributed by atoms with E-state index in [0.717, 1.165) is 0 Å². The normalized spacial score (nSPS) is 10.1. The number of halogens is 2. The Hall–Kier alpha value is -2.31. The molecule has 0 heterocycles. The molecule has 2 aromatic carbocycles. The number of hydrogen-bond donors (Lipinski definition) is 1. The Kier molecular flexibility index (Phi) is 4.85. The number of nitro groups is 1. The molecule has 22 heavy (non-hydrogen) atoms. The zero-order chi connectivity index (χ0) is 16.3. The molecule has 2 rings (SSSR count). The molecule has 0 aliphatic rings. The minimum absolute atomic E-state index is 0.0682. The summed E-state index contributed by atoms with van der Waals surface area (Å²) in [7, 11) is 1.39. The van der Waals surface area contributed by atoms with E-state index in [1.54, 1.807) is 0 Å². The lowest BCUT2D eigenvalue weighted by Gasteiger charge is -2.11. The number of carbonyl (C=O) groups is 1. The average Bonchev–Trinajstić information content (AvgIpc) is 2.47. The molecule has 2 aromatic rings. The van der Waals surface area contributed by atoms with Crippen LogP contribution in [0.5, 0.6) is 5.75 Å². The monoisotopic (exact) mass is 340 g/mol. The number of nitrogens with zero attached hydrogens (tertiary/aromatic N) is 1. The van der Waals surface area contributed by atoms with Gasteiger partial charge < -0.3 is 10.1 Å². The Morgan fingerprint density at radius 1 is 1.23 bits per heavy atom. The molecule has 114 valence electrons. The van der Waals surface area contributed by atoms with Gasteiger partial charge in [0.15, 0.2) is 0 Å². The number of amides is 1. The fraction of sp³-hybridized carbons (Fsp3) is 0.0714. The van der Waals surface area contributed by atoms with Gasteiger partial charge in [-0.15, -0.1) is 0 Å². The lowest BCUT2D eigenvalue weighted by molar-refractivity contribution is -0.384. The van der Waals surface area contributed by atoms with Gasteiger partial charge in [-0.2, -0.15) is 0 Å². The maximum atomic E-state index is 12.3. The Balaban J connectivity index is 2.27. The van der Waals surface area contributed by atoms with Gasteiger partial charge in [-0.25, -0.2) is 0 Å². The highest BCUT2D eigenvalue weighted by Gasteiger charge is 2.17. The molecule has 8 heteroatoms. The number of nitro benzene ring substituents is 1. The van der Waals surface area contributed by atoms with E-state index in [2.05, 4.69) is 5.32 Å². The van der Waals surface area contributed by atoms with Crippen LogP contribution in [0.1, 0.15) is 10.4 Å². The number of benzene rings is 2. The fourth-order valence-corrected chi connectivity index (χ4v) is 2.37. The molecule has 0 unspecified atom stereocenters. The highest BCUT2D eigenvalue weighted by molar-refractivity contribution is 6.36. The molecule has 0 bridgehead atoms. The first-order valence-corrected chi connectivity index (χ1v) is 6.77. The molecule has 6 nitrogen and oxygen atoms in total. The summed E-state index contributed by atoms with van der Waals surface area (Å²) < 4.78 is 5.10. The van der Waals surface area contributed by atoms with E-state index >= 15 is 0 Å². The fourth-order valence-electron chi connectivity index (χ4n) is 1.80. The van der Waals surface area contributed by atoms with E-state index < -0.39 is 10.8 Å². The second-order valence-electron chi connectivity index (χ2n) is 4.23. The zero-order valence-corrected chi connectivity index (χ0v) is 12.8. The molecule has 0 saturated heterocycles. The zero-order valence-electron chi connectivity index (χ0n) is 11.3. The number of non-ortho nitro benzene ring substituents is 1. The van der Waals surface area contributed by atoms with Gasteiger partial charge in [-0.3, -0.25) is 14.9 Å². The topological polar surface area (TPSA) is 81.5 Å². The quantitative estimate of drug-likeness (QED) is 0.669. The van der Waals surface area contributed by atoms with Gasteiger partial charge in [-0.1, -0.05) is 23.2 Å². The summed E-state index contributed by atoms with van der Waals surface area (Å²) in [5.41, 5.74) is 0.494. The Morgan fingerprint density at radius 2 is 1.86 bits per heavy atom. The standard InChI is InChI=1S/C14H10Cl2N2O4/c1-22-13-11(6-8(15)7-12(13)16)14(19)17-9-2-4-10(5-3-9)18(20)21/h2-7H,1H3,(H,17,19). The third-order valence-electron chi connectivity index (χ3n) is 2.79. The van der Waals surface area contributed by atoms with Gasteiger partial charge in [0.1, 0.15) is 5.75 Å². The van der Waals surface area contributed by atoms with Crippen molar-refractivity contribution in [2.24, 2.45) is 0 Å². The summed E-state index contributed by atoms with van der Waals surface area (Å²) in [6, 6.07) is 8.32. The van der Waals surface area contributed by atoms with E-state index in [0.29, 0.717) is 10.7 Å². The molecular formula is C14H10Cl2N2O4. The molecule has 0 aromatic heterocycles. The number of nitrogens with one attached hydrogen (secondary N) is 1. The van der Waals surface area contributed by atoms with Crippen molar-refractivity contribution in [1.29, 1.82) is 0 Å². The molecule has 1 N–H and O–H groups in total. The van der Waals surface area contributed by atoms with Crippen LogP contribution in [0.4, 0.5) is 11.4 Å². The third kappa shape index (κ3) is 3.47. The number of rotatable bonds is 4. The molecule has 0 atom stereocenters. The molecule has 1 amide bonds. The van der Waals surface area contributed by atoms with Gasteiger partial charge >= 0.3 is 0 Å². The highest BCUT2D eigenvalue weighted by Crippen LogP contribution is 2.32. The molecule has 0 fully saturated rings. The summed E-state index contributed by atoms with van der Waals surface area (Å²) in [6.07, 6.45) is 0. The van der Waals surface area contributed by atoms with Crippen molar-refractivity contribution in [3.63, 3.8) is 0 Å². The maximum Gasteiger partial charge on any atom is 0.269 e. The molecule has 0 aliphatic carbocycles. The molecule has 0 saturated carbocycles. The summed E-state index contributed by atoms with van der Waals surface area (Å²) in [4.78, 5) is 22.3. The first kappa shape index (κ1) is 16.1. The predicted octanol–water partition coefficient (Wildman–Crippen LogP) is 4.16. The molecular weight excluding hydrogens is 331 g/mol. The third-order valence-corrected chi connectivity index (χ3v) is 3.29. The Morgan fingerprint density at radius 3 is 2.41 bits per heavy atom. The van der Waals surface area contributed by atoms with Crippen LogP contribution in [-0.2, 0) is 0 Å². The van der Waals surface area contributed by atoms with E-state index in [-0.39, 0.29) is 22.0 Å². The number of hydrogen-bond acceptors (Lipinski definition) is 4. The van der Waals surface area contributed by atoms with Crippen LogP contribution < -0.4 is 10.1 Å². The van der Waals surface area contributed by atoms with Crippen LogP contribution in [0.3, 0.4) is 0 Å². The van der Waals surface area contributed by atoms with Crippen LogP contribution in [0.15, 0.2) is 36.4 Å². The van der Waals surface area contributed by atoms with Gasteiger partial charge in [0.25, 0.3) is 11.6 Å². The minimum Gasteiger partial charge on any atom is -0.494 e. The summed E-state index contributed by atoms with van der Waals surface area (Å²) >= 11 is 11.9. The Bertz CT molecular complexity index is 732. The van der Waals surface area contributed by atoms with Crippen molar-refractivity contribution >= 4 is 40.5 Å². The van der Waals surface area contributed by atoms with E-state index in [9.17, 15) is 14.9 Å². The van der Waals surface area contributed by atoms with E-state index in [1.807, 2.05) is 0 Å². The summed E-state index contributed by atoms with van der Waals surface area (Å²) in [5.74, 6) is -0.291. The van der Waals surface area contributed by atoms with Crippen molar-refractivity contribution < 1.29 is 14.5 Å². The number of methoxy groups -OCH3 is 1. The van der Waals surface area contributed by atoms with Crippen molar-refractivity contribution in [3.8, 4) is 5.75 Å². The van der Waals surface area contributed by atoms with Crippen LogP contribution in [0, 0.1) is 10.1 Å². The molecule has 0 radical (unpaired) electrons. The first-order valence-electron chi connectivity index (χ1n) is 6.01. The predicted molar refractivity (Wildman–Crippen MR) is 84.1 cm³/mol. The maximum absolute atomic E-state index is 12.3.